The van der Waals surface area contributed by atoms with Gasteiger partial charge in [-0.1, -0.05) is 31.2 Å². The van der Waals surface area contributed by atoms with E-state index in [1.807, 2.05) is 24.3 Å². The van der Waals surface area contributed by atoms with Crippen LogP contribution in [0.3, 0.4) is 0 Å². The second-order valence-corrected chi connectivity index (χ2v) is 4.15. The number of hydrogen-bond acceptors (Lipinski definition) is 3. The number of nitrogens with one attached hydrogen (secondary N) is 1. The highest BCUT2D eigenvalue weighted by Crippen LogP contribution is 2.06. The Morgan fingerprint density at radius 1 is 1.32 bits per heavy atom. The van der Waals surface area contributed by atoms with Gasteiger partial charge in [-0.15, -0.1) is 0 Å². The van der Waals surface area contributed by atoms with E-state index < -0.39 is 5.97 Å². The topological polar surface area (TPSA) is 75.6 Å². The molecule has 1 amide bonds. The molecule has 5 heteroatoms. The largest absolute Gasteiger partial charge is 0.480 e. The quantitative estimate of drug-likeness (QED) is 0.688. The number of benzene rings is 1. The van der Waals surface area contributed by atoms with Crippen molar-refractivity contribution >= 4 is 11.9 Å². The molecule has 0 saturated heterocycles. The number of hydrogen-bond donors (Lipinski definition) is 2. The average molecular weight is 265 g/mol. The molecule has 0 radical (unpaired) electrons. The van der Waals surface area contributed by atoms with Crippen molar-refractivity contribution in [3.8, 4) is 0 Å². The highest BCUT2D eigenvalue weighted by molar-refractivity contribution is 5.78. The molecular weight excluding hydrogens is 246 g/mol. The lowest BCUT2D eigenvalue weighted by atomic mass is 10.1. The number of aliphatic carboxylic acids is 1. The van der Waals surface area contributed by atoms with Gasteiger partial charge in [0.2, 0.25) is 5.91 Å². The molecule has 0 saturated carbocycles. The molecule has 1 rings (SSSR count). The number of amides is 1. The Morgan fingerprint density at radius 3 is 2.74 bits per heavy atom. The number of carboxylic acids is 1. The fraction of sp³-hybridized carbons (Fsp3) is 0.429. The van der Waals surface area contributed by atoms with Gasteiger partial charge in [0.05, 0.1) is 13.0 Å². The summed E-state index contributed by atoms with van der Waals surface area (Å²) < 4.78 is 4.82. The molecule has 0 aromatic heterocycles. The van der Waals surface area contributed by atoms with Crippen LogP contribution in [0.1, 0.15) is 18.1 Å². The highest BCUT2D eigenvalue weighted by atomic mass is 16.5. The number of aryl methyl sites for hydroxylation is 1. The molecule has 19 heavy (non-hydrogen) atoms. The van der Waals surface area contributed by atoms with Crippen LogP contribution in [0.25, 0.3) is 0 Å². The predicted molar refractivity (Wildman–Crippen MR) is 71.0 cm³/mol. The summed E-state index contributed by atoms with van der Waals surface area (Å²) in [7, 11) is 0. The molecule has 1 aromatic rings. The monoisotopic (exact) mass is 265 g/mol. The maximum absolute atomic E-state index is 11.6. The Bertz CT molecular complexity index is 431. The Labute approximate surface area is 112 Å². The first kappa shape index (κ1) is 15.2. The minimum Gasteiger partial charge on any atom is -0.480 e. The number of carbonyl (C=O) groups is 2. The predicted octanol–water partition coefficient (Wildman–Crippen LogP) is 1.01. The maximum Gasteiger partial charge on any atom is 0.329 e. The Kier molecular flexibility index (Phi) is 6.60. The second-order valence-electron chi connectivity index (χ2n) is 4.15. The Balaban J connectivity index is 2.25. The molecule has 104 valence electrons. The summed E-state index contributed by atoms with van der Waals surface area (Å²) in [5.41, 5.74) is 2.18. The smallest absolute Gasteiger partial charge is 0.329 e. The fourth-order valence-electron chi connectivity index (χ4n) is 1.63. The summed E-state index contributed by atoms with van der Waals surface area (Å²) in [5, 5.41) is 11.0. The third-order valence-corrected chi connectivity index (χ3v) is 2.56. The highest BCUT2D eigenvalue weighted by Gasteiger charge is 2.03. The third-order valence-electron chi connectivity index (χ3n) is 2.56. The number of rotatable bonds is 8. The van der Waals surface area contributed by atoms with Crippen molar-refractivity contribution in [2.75, 3.05) is 19.8 Å². The Morgan fingerprint density at radius 2 is 2.05 bits per heavy atom. The third kappa shape index (κ3) is 6.57. The molecule has 0 bridgehead atoms. The standard InChI is InChI=1S/C14H19NO4/c1-2-11-4-3-5-12(8-11)9-13(16)15-6-7-19-10-14(17)18/h3-5,8H,2,6-7,9-10H2,1H3,(H,15,16)(H,17,18). The SMILES string of the molecule is CCc1cccc(CC(=O)NCCOCC(=O)O)c1. The summed E-state index contributed by atoms with van der Waals surface area (Å²) in [6.07, 6.45) is 1.27. The summed E-state index contributed by atoms with van der Waals surface area (Å²) in [6, 6.07) is 7.90. The van der Waals surface area contributed by atoms with Crippen LogP contribution in [0.15, 0.2) is 24.3 Å². The van der Waals surface area contributed by atoms with E-state index in [1.54, 1.807) is 0 Å². The molecule has 0 aliphatic rings. The molecule has 0 aliphatic carbocycles. The summed E-state index contributed by atoms with van der Waals surface area (Å²) in [4.78, 5) is 21.8. The van der Waals surface area contributed by atoms with Gasteiger partial charge >= 0.3 is 5.97 Å². The number of ether oxygens (including phenoxy) is 1. The molecule has 0 spiro atoms. The van der Waals surface area contributed by atoms with E-state index >= 15 is 0 Å². The van der Waals surface area contributed by atoms with Crippen molar-refractivity contribution in [3.05, 3.63) is 35.4 Å². The van der Waals surface area contributed by atoms with Gasteiger partial charge in [-0.2, -0.15) is 0 Å². The first-order chi connectivity index (χ1) is 9.11. The lowest BCUT2D eigenvalue weighted by molar-refractivity contribution is -0.142. The van der Waals surface area contributed by atoms with Crippen molar-refractivity contribution in [1.29, 1.82) is 0 Å². The molecule has 0 aliphatic heterocycles. The van der Waals surface area contributed by atoms with Gasteiger partial charge in [-0.3, -0.25) is 4.79 Å². The molecule has 0 fully saturated rings. The van der Waals surface area contributed by atoms with Crippen molar-refractivity contribution in [2.24, 2.45) is 0 Å². The zero-order chi connectivity index (χ0) is 14.1. The van der Waals surface area contributed by atoms with Crippen molar-refractivity contribution in [3.63, 3.8) is 0 Å². The van der Waals surface area contributed by atoms with E-state index in [-0.39, 0.29) is 19.1 Å². The van der Waals surface area contributed by atoms with Gasteiger partial charge < -0.3 is 15.2 Å². The summed E-state index contributed by atoms with van der Waals surface area (Å²) in [5.74, 6) is -1.10. The average Bonchev–Trinajstić information content (AvgIpc) is 2.38. The van der Waals surface area contributed by atoms with Crippen LogP contribution in [0, 0.1) is 0 Å². The van der Waals surface area contributed by atoms with Crippen LogP contribution in [0.5, 0.6) is 0 Å². The minimum absolute atomic E-state index is 0.0906. The molecule has 2 N–H and O–H groups in total. The molecule has 0 heterocycles. The van der Waals surface area contributed by atoms with Gasteiger partial charge in [0.1, 0.15) is 6.61 Å². The Hall–Kier alpha value is -1.88. The van der Waals surface area contributed by atoms with E-state index in [9.17, 15) is 9.59 Å². The minimum atomic E-state index is -1.01. The van der Waals surface area contributed by atoms with Gasteiger partial charge in [0.25, 0.3) is 0 Å². The van der Waals surface area contributed by atoms with Crippen LogP contribution < -0.4 is 5.32 Å². The van der Waals surface area contributed by atoms with E-state index in [0.717, 1.165) is 12.0 Å². The van der Waals surface area contributed by atoms with Crippen LogP contribution in [-0.2, 0) is 27.2 Å². The van der Waals surface area contributed by atoms with Gasteiger partial charge in [-0.25, -0.2) is 4.79 Å². The van der Waals surface area contributed by atoms with Crippen LogP contribution in [0.4, 0.5) is 0 Å². The molecule has 0 unspecified atom stereocenters. The van der Waals surface area contributed by atoms with Crippen molar-refractivity contribution in [2.45, 2.75) is 19.8 Å². The number of carboxylic acid groups (broad SMARTS) is 1. The lowest BCUT2D eigenvalue weighted by Crippen LogP contribution is -2.29. The van der Waals surface area contributed by atoms with Gasteiger partial charge in [0.15, 0.2) is 0 Å². The zero-order valence-electron chi connectivity index (χ0n) is 11.0. The van der Waals surface area contributed by atoms with Crippen molar-refractivity contribution in [1.82, 2.24) is 5.32 Å². The van der Waals surface area contributed by atoms with Gasteiger partial charge in [-0.05, 0) is 17.5 Å². The zero-order valence-corrected chi connectivity index (χ0v) is 11.0. The molecule has 1 aromatic carbocycles. The second kappa shape index (κ2) is 8.26. The lowest BCUT2D eigenvalue weighted by Gasteiger charge is -2.06. The van der Waals surface area contributed by atoms with E-state index in [0.29, 0.717) is 13.0 Å². The normalized spacial score (nSPS) is 10.2. The van der Waals surface area contributed by atoms with Gasteiger partial charge in [0, 0.05) is 6.54 Å². The van der Waals surface area contributed by atoms with E-state index in [4.69, 9.17) is 9.84 Å². The first-order valence-corrected chi connectivity index (χ1v) is 6.26. The van der Waals surface area contributed by atoms with Crippen LogP contribution in [0.2, 0.25) is 0 Å². The molecular formula is C14H19NO4. The fourth-order valence-corrected chi connectivity index (χ4v) is 1.63. The maximum atomic E-state index is 11.6. The number of carbonyl (C=O) groups excluding carboxylic acids is 1. The van der Waals surface area contributed by atoms with Crippen molar-refractivity contribution < 1.29 is 19.4 Å². The van der Waals surface area contributed by atoms with E-state index in [1.165, 1.54) is 5.56 Å². The summed E-state index contributed by atoms with van der Waals surface area (Å²) >= 11 is 0. The first-order valence-electron chi connectivity index (χ1n) is 6.26. The molecule has 5 nitrogen and oxygen atoms in total. The van der Waals surface area contributed by atoms with Crippen LogP contribution in [-0.4, -0.2) is 36.7 Å². The summed E-state index contributed by atoms with van der Waals surface area (Å²) in [6.45, 7) is 2.25. The van der Waals surface area contributed by atoms with E-state index in [2.05, 4.69) is 12.2 Å². The van der Waals surface area contributed by atoms with Crippen LogP contribution >= 0.6 is 0 Å². The molecule has 0 atom stereocenters.